The summed E-state index contributed by atoms with van der Waals surface area (Å²) in [5.41, 5.74) is 7.36. The van der Waals surface area contributed by atoms with Gasteiger partial charge in [-0.05, 0) is 51.1 Å². The van der Waals surface area contributed by atoms with Crippen LogP contribution in [0.1, 0.15) is 26.3 Å². The molecule has 5 nitrogen and oxygen atoms in total. The van der Waals surface area contributed by atoms with E-state index in [4.69, 9.17) is 15.7 Å². The lowest BCUT2D eigenvalue weighted by Gasteiger charge is -2.21. The number of hydrogen-bond donors (Lipinski definition) is 2. The van der Waals surface area contributed by atoms with Crippen LogP contribution in [0.5, 0.6) is 5.88 Å². The number of nitriles is 1. The number of nitrogens with zero attached hydrogens (tertiary/aromatic N) is 2. The maximum atomic E-state index is 8.91. The van der Waals surface area contributed by atoms with Gasteiger partial charge in [-0.2, -0.15) is 10.2 Å². The van der Waals surface area contributed by atoms with Gasteiger partial charge >= 0.3 is 0 Å². The molecule has 0 unspecified atom stereocenters. The van der Waals surface area contributed by atoms with E-state index in [2.05, 4.69) is 16.4 Å². The van der Waals surface area contributed by atoms with Crippen molar-refractivity contribution in [3.05, 3.63) is 42.0 Å². The summed E-state index contributed by atoms with van der Waals surface area (Å²) in [6.07, 6.45) is 0. The zero-order valence-corrected chi connectivity index (χ0v) is 12.3. The van der Waals surface area contributed by atoms with Gasteiger partial charge in [0.2, 0.25) is 5.88 Å². The summed E-state index contributed by atoms with van der Waals surface area (Å²) in [6.45, 7) is 5.81. The molecule has 0 spiro atoms. The van der Waals surface area contributed by atoms with Crippen molar-refractivity contribution in [3.63, 3.8) is 0 Å². The van der Waals surface area contributed by atoms with Crippen LogP contribution in [0.3, 0.4) is 0 Å². The molecule has 0 saturated heterocycles. The standard InChI is InChI=1S/C16H18N4O/c1-16(2,3)21-15-13(18)7-8-14(20-15)19-12-6-4-5-11(9-12)10-17/h4-9H,18H2,1-3H3,(H,19,20). The van der Waals surface area contributed by atoms with Crippen molar-refractivity contribution < 1.29 is 4.74 Å². The molecular weight excluding hydrogens is 264 g/mol. The van der Waals surface area contributed by atoms with E-state index in [-0.39, 0.29) is 5.60 Å². The van der Waals surface area contributed by atoms with E-state index in [1.54, 1.807) is 24.3 Å². The van der Waals surface area contributed by atoms with Crippen molar-refractivity contribution >= 4 is 17.2 Å². The molecule has 1 aromatic carbocycles. The molecule has 3 N–H and O–H groups in total. The Kier molecular flexibility index (Phi) is 3.99. The van der Waals surface area contributed by atoms with Crippen LogP contribution in [0.4, 0.5) is 17.2 Å². The Morgan fingerprint density at radius 1 is 1.24 bits per heavy atom. The Bertz CT molecular complexity index is 683. The first-order valence-corrected chi connectivity index (χ1v) is 6.60. The van der Waals surface area contributed by atoms with E-state index in [0.717, 1.165) is 5.69 Å². The van der Waals surface area contributed by atoms with Gasteiger partial charge in [0.25, 0.3) is 0 Å². The average Bonchev–Trinajstić information content (AvgIpc) is 2.41. The molecule has 0 amide bonds. The van der Waals surface area contributed by atoms with Gasteiger partial charge in [-0.15, -0.1) is 0 Å². The molecule has 0 saturated carbocycles. The molecular formula is C16H18N4O. The second-order valence-electron chi connectivity index (χ2n) is 5.62. The summed E-state index contributed by atoms with van der Waals surface area (Å²) in [7, 11) is 0. The molecule has 1 aromatic heterocycles. The minimum absolute atomic E-state index is 0.375. The zero-order valence-electron chi connectivity index (χ0n) is 12.3. The lowest BCUT2D eigenvalue weighted by atomic mass is 10.2. The Hall–Kier alpha value is -2.74. The van der Waals surface area contributed by atoms with Crippen molar-refractivity contribution in [1.82, 2.24) is 4.98 Å². The number of anilines is 3. The summed E-state index contributed by atoms with van der Waals surface area (Å²) >= 11 is 0. The SMILES string of the molecule is CC(C)(C)Oc1nc(Nc2cccc(C#N)c2)ccc1N. The van der Waals surface area contributed by atoms with E-state index in [1.165, 1.54) is 0 Å². The number of aromatic nitrogens is 1. The summed E-state index contributed by atoms with van der Waals surface area (Å²) in [5.74, 6) is 1.00. The predicted molar refractivity (Wildman–Crippen MR) is 83.5 cm³/mol. The molecule has 2 rings (SSSR count). The maximum Gasteiger partial charge on any atom is 0.239 e. The number of nitrogens with two attached hydrogens (primary N) is 1. The molecule has 0 aliphatic heterocycles. The van der Waals surface area contributed by atoms with Gasteiger partial charge in [-0.25, -0.2) is 0 Å². The number of nitrogens with one attached hydrogen (secondary N) is 1. The first-order valence-electron chi connectivity index (χ1n) is 6.60. The van der Waals surface area contributed by atoms with Crippen LogP contribution in [0.2, 0.25) is 0 Å². The Balaban J connectivity index is 2.25. The Morgan fingerprint density at radius 3 is 2.67 bits per heavy atom. The highest BCUT2D eigenvalue weighted by Gasteiger charge is 2.15. The molecule has 5 heteroatoms. The van der Waals surface area contributed by atoms with Crippen molar-refractivity contribution in [1.29, 1.82) is 5.26 Å². The molecule has 0 aliphatic carbocycles. The second-order valence-corrected chi connectivity index (χ2v) is 5.62. The maximum absolute atomic E-state index is 8.91. The number of pyridine rings is 1. The first kappa shape index (κ1) is 14.7. The van der Waals surface area contributed by atoms with Crippen LogP contribution in [0.15, 0.2) is 36.4 Å². The van der Waals surface area contributed by atoms with Crippen LogP contribution in [-0.4, -0.2) is 10.6 Å². The monoisotopic (exact) mass is 282 g/mol. The van der Waals surface area contributed by atoms with Crippen molar-refractivity contribution in [2.75, 3.05) is 11.1 Å². The highest BCUT2D eigenvalue weighted by molar-refractivity contribution is 5.62. The van der Waals surface area contributed by atoms with Gasteiger partial charge in [-0.3, -0.25) is 0 Å². The summed E-state index contributed by atoms with van der Waals surface area (Å²) in [4.78, 5) is 4.37. The fourth-order valence-corrected chi connectivity index (χ4v) is 1.71. The molecule has 2 aromatic rings. The smallest absolute Gasteiger partial charge is 0.239 e. The third-order valence-corrected chi connectivity index (χ3v) is 2.56. The second kappa shape index (κ2) is 5.71. The molecule has 108 valence electrons. The van der Waals surface area contributed by atoms with Crippen molar-refractivity contribution in [3.8, 4) is 11.9 Å². The van der Waals surface area contributed by atoms with Crippen molar-refractivity contribution in [2.24, 2.45) is 0 Å². The first-order chi connectivity index (χ1) is 9.87. The van der Waals surface area contributed by atoms with Gasteiger partial charge in [0, 0.05) is 5.69 Å². The largest absolute Gasteiger partial charge is 0.470 e. The molecule has 0 radical (unpaired) electrons. The topological polar surface area (TPSA) is 84.0 Å². The highest BCUT2D eigenvalue weighted by Crippen LogP contribution is 2.26. The van der Waals surface area contributed by atoms with Gasteiger partial charge in [-0.1, -0.05) is 6.07 Å². The predicted octanol–water partition coefficient (Wildman–Crippen LogP) is 3.46. The number of nitrogen functional groups attached to an aromatic ring is 1. The fraction of sp³-hybridized carbons (Fsp3) is 0.250. The zero-order chi connectivity index (χ0) is 15.5. The van der Waals surface area contributed by atoms with Crippen LogP contribution >= 0.6 is 0 Å². The fourth-order valence-electron chi connectivity index (χ4n) is 1.71. The van der Waals surface area contributed by atoms with Crippen molar-refractivity contribution in [2.45, 2.75) is 26.4 Å². The van der Waals surface area contributed by atoms with Crippen LogP contribution in [0.25, 0.3) is 0 Å². The van der Waals surface area contributed by atoms with E-state index < -0.39 is 0 Å². The highest BCUT2D eigenvalue weighted by atomic mass is 16.5. The molecule has 21 heavy (non-hydrogen) atoms. The summed E-state index contributed by atoms with van der Waals surface area (Å²) < 4.78 is 5.73. The van der Waals surface area contributed by atoms with E-state index in [1.807, 2.05) is 32.9 Å². The van der Waals surface area contributed by atoms with E-state index >= 15 is 0 Å². The lowest BCUT2D eigenvalue weighted by Crippen LogP contribution is -2.24. The van der Waals surface area contributed by atoms with Gasteiger partial charge in [0.1, 0.15) is 11.4 Å². The lowest BCUT2D eigenvalue weighted by molar-refractivity contribution is 0.125. The van der Waals surface area contributed by atoms with Crippen LogP contribution in [0, 0.1) is 11.3 Å². The number of hydrogen-bond acceptors (Lipinski definition) is 5. The normalized spacial score (nSPS) is 10.8. The van der Waals surface area contributed by atoms with E-state index in [0.29, 0.717) is 22.9 Å². The quantitative estimate of drug-likeness (QED) is 0.900. The molecule has 0 bridgehead atoms. The van der Waals surface area contributed by atoms with Crippen LogP contribution in [-0.2, 0) is 0 Å². The average molecular weight is 282 g/mol. The third-order valence-electron chi connectivity index (χ3n) is 2.56. The van der Waals surface area contributed by atoms with Crippen LogP contribution < -0.4 is 15.8 Å². The third kappa shape index (κ3) is 4.11. The number of benzene rings is 1. The Morgan fingerprint density at radius 2 is 2.00 bits per heavy atom. The molecule has 0 atom stereocenters. The van der Waals surface area contributed by atoms with Gasteiger partial charge < -0.3 is 15.8 Å². The number of rotatable bonds is 3. The molecule has 1 heterocycles. The minimum Gasteiger partial charge on any atom is -0.470 e. The summed E-state index contributed by atoms with van der Waals surface area (Å²) in [5, 5.41) is 12.0. The Labute approximate surface area is 124 Å². The van der Waals surface area contributed by atoms with Gasteiger partial charge in [0.15, 0.2) is 0 Å². The van der Waals surface area contributed by atoms with E-state index in [9.17, 15) is 0 Å². The summed E-state index contributed by atoms with van der Waals surface area (Å²) in [6, 6.07) is 12.8. The van der Waals surface area contributed by atoms with Gasteiger partial charge in [0.05, 0.1) is 17.3 Å². The molecule has 0 aliphatic rings. The number of ether oxygens (including phenoxy) is 1. The minimum atomic E-state index is -0.375. The molecule has 0 fully saturated rings.